The molecule has 2 aliphatic heterocycles. The highest BCUT2D eigenvalue weighted by Gasteiger charge is 2.46. The van der Waals surface area contributed by atoms with Crippen LogP contribution >= 0.6 is 0 Å². The summed E-state index contributed by atoms with van der Waals surface area (Å²) in [6.45, 7) is 5.49. The largest absolute Gasteiger partial charge is 0.342 e. The van der Waals surface area contributed by atoms with Gasteiger partial charge in [-0.05, 0) is 37.2 Å². The summed E-state index contributed by atoms with van der Waals surface area (Å²) in [6, 6.07) is 10.2. The average Bonchev–Trinajstić information content (AvgIpc) is 3.24. The van der Waals surface area contributed by atoms with Gasteiger partial charge in [-0.15, -0.1) is 0 Å². The lowest BCUT2D eigenvalue weighted by Crippen LogP contribution is -2.54. The van der Waals surface area contributed by atoms with Gasteiger partial charge < -0.3 is 14.4 Å². The molecule has 2 fully saturated rings. The number of piperidine rings is 2. The van der Waals surface area contributed by atoms with E-state index in [-0.39, 0.29) is 23.1 Å². The van der Waals surface area contributed by atoms with E-state index >= 15 is 0 Å². The molecule has 1 aromatic carbocycles. The van der Waals surface area contributed by atoms with Crippen LogP contribution in [0.2, 0.25) is 0 Å². The number of imidazole rings is 1. The molecule has 4 rings (SSSR count). The van der Waals surface area contributed by atoms with Gasteiger partial charge in [-0.3, -0.25) is 9.59 Å². The molecular formula is C22H28N4O2. The van der Waals surface area contributed by atoms with Crippen molar-refractivity contribution in [2.75, 3.05) is 26.2 Å². The first kappa shape index (κ1) is 18.7. The molecule has 148 valence electrons. The summed E-state index contributed by atoms with van der Waals surface area (Å²) < 4.78 is 1.82. The van der Waals surface area contributed by atoms with Crippen LogP contribution in [0.15, 0.2) is 49.1 Å². The minimum atomic E-state index is -0.0666. The minimum absolute atomic E-state index is 0.0666. The third-order valence-corrected chi connectivity index (χ3v) is 6.41. The molecule has 0 radical (unpaired) electrons. The fraction of sp³-hybridized carbons (Fsp3) is 0.500. The van der Waals surface area contributed by atoms with Crippen LogP contribution in [-0.2, 0) is 16.1 Å². The summed E-state index contributed by atoms with van der Waals surface area (Å²) in [4.78, 5) is 33.6. The summed E-state index contributed by atoms with van der Waals surface area (Å²) in [5.41, 5.74) is 1.22. The number of hydrogen-bond acceptors (Lipinski definition) is 3. The van der Waals surface area contributed by atoms with E-state index in [0.29, 0.717) is 6.54 Å². The Morgan fingerprint density at radius 2 is 1.96 bits per heavy atom. The first-order chi connectivity index (χ1) is 13.6. The van der Waals surface area contributed by atoms with E-state index in [4.69, 9.17) is 0 Å². The number of nitrogens with zero attached hydrogens (tertiary/aromatic N) is 4. The Bertz CT molecular complexity index is 810. The Balaban J connectivity index is 1.46. The van der Waals surface area contributed by atoms with Crippen molar-refractivity contribution in [3.8, 4) is 0 Å². The van der Waals surface area contributed by atoms with Crippen LogP contribution in [0, 0.1) is 5.41 Å². The molecule has 1 unspecified atom stereocenters. The first-order valence-electron chi connectivity index (χ1n) is 10.2. The summed E-state index contributed by atoms with van der Waals surface area (Å²) in [6.07, 6.45) is 7.99. The van der Waals surface area contributed by atoms with Crippen molar-refractivity contribution in [3.05, 3.63) is 54.6 Å². The van der Waals surface area contributed by atoms with E-state index in [9.17, 15) is 9.59 Å². The third-order valence-electron chi connectivity index (χ3n) is 6.41. The average molecular weight is 380 g/mol. The Kier molecular flexibility index (Phi) is 5.20. The number of likely N-dealkylation sites (N-methyl/N-ethyl adjacent to an activating group) is 1. The molecule has 1 spiro atoms. The van der Waals surface area contributed by atoms with Crippen LogP contribution in [0.25, 0.3) is 0 Å². The molecule has 6 heteroatoms. The Hall–Kier alpha value is -2.63. The molecule has 0 N–H and O–H groups in total. The van der Waals surface area contributed by atoms with Gasteiger partial charge in [0.25, 0.3) is 0 Å². The maximum absolute atomic E-state index is 13.0. The molecule has 0 aliphatic carbocycles. The number of benzene rings is 1. The van der Waals surface area contributed by atoms with E-state index in [1.54, 1.807) is 12.5 Å². The number of likely N-dealkylation sites (tertiary alicyclic amines) is 2. The van der Waals surface area contributed by atoms with Crippen molar-refractivity contribution in [2.45, 2.75) is 38.6 Å². The van der Waals surface area contributed by atoms with Gasteiger partial charge in [0, 0.05) is 38.6 Å². The second-order valence-corrected chi connectivity index (χ2v) is 8.14. The Morgan fingerprint density at radius 1 is 1.21 bits per heavy atom. The first-order valence-corrected chi connectivity index (χ1v) is 10.2. The van der Waals surface area contributed by atoms with Crippen LogP contribution in [-0.4, -0.2) is 57.3 Å². The second-order valence-electron chi connectivity index (χ2n) is 8.14. The molecule has 2 aliphatic rings. The highest BCUT2D eigenvalue weighted by atomic mass is 16.2. The fourth-order valence-corrected chi connectivity index (χ4v) is 4.73. The predicted molar refractivity (Wildman–Crippen MR) is 107 cm³/mol. The summed E-state index contributed by atoms with van der Waals surface area (Å²) in [5, 5.41) is 0. The minimum Gasteiger partial charge on any atom is -0.342 e. The van der Waals surface area contributed by atoms with Crippen LogP contribution < -0.4 is 0 Å². The van der Waals surface area contributed by atoms with Crippen LogP contribution in [0.5, 0.6) is 0 Å². The highest BCUT2D eigenvalue weighted by Crippen LogP contribution is 2.45. The lowest BCUT2D eigenvalue weighted by atomic mass is 9.67. The molecule has 0 saturated carbocycles. The van der Waals surface area contributed by atoms with Gasteiger partial charge in [0.15, 0.2) is 0 Å². The predicted octanol–water partition coefficient (Wildman–Crippen LogP) is 2.53. The second kappa shape index (κ2) is 7.78. The lowest BCUT2D eigenvalue weighted by Gasteiger charge is -2.49. The topological polar surface area (TPSA) is 58.4 Å². The Labute approximate surface area is 166 Å². The lowest BCUT2D eigenvalue weighted by molar-refractivity contribution is -0.144. The quantitative estimate of drug-likeness (QED) is 0.819. The van der Waals surface area contributed by atoms with Crippen molar-refractivity contribution < 1.29 is 9.59 Å². The molecular weight excluding hydrogens is 352 g/mol. The molecule has 2 saturated heterocycles. The molecule has 1 aromatic heterocycles. The maximum atomic E-state index is 13.0. The number of carbonyl (C=O) groups excluding carboxylic acids is 2. The smallest absolute Gasteiger partial charge is 0.242 e. The zero-order valence-corrected chi connectivity index (χ0v) is 16.5. The Morgan fingerprint density at radius 3 is 2.61 bits per heavy atom. The standard InChI is InChI=1S/C22H28N4O2/c1-2-25-16-22(14-19(21(25)28)18-6-4-3-5-7-18)8-11-26(12-9-22)20(27)15-24-13-10-23-17-24/h3-7,10,13,17,19H,2,8-9,11-12,14-16H2,1H3. The van der Waals surface area contributed by atoms with Gasteiger partial charge in [-0.1, -0.05) is 30.3 Å². The van der Waals surface area contributed by atoms with Gasteiger partial charge >= 0.3 is 0 Å². The number of rotatable bonds is 4. The molecule has 2 aromatic rings. The van der Waals surface area contributed by atoms with Crippen molar-refractivity contribution in [2.24, 2.45) is 5.41 Å². The van der Waals surface area contributed by atoms with E-state index in [1.807, 2.05) is 38.8 Å². The van der Waals surface area contributed by atoms with Crippen molar-refractivity contribution in [1.29, 1.82) is 0 Å². The summed E-state index contributed by atoms with van der Waals surface area (Å²) in [7, 11) is 0. The van der Waals surface area contributed by atoms with Crippen LogP contribution in [0.3, 0.4) is 0 Å². The van der Waals surface area contributed by atoms with E-state index in [0.717, 1.165) is 51.0 Å². The van der Waals surface area contributed by atoms with Crippen LogP contribution in [0.4, 0.5) is 0 Å². The van der Waals surface area contributed by atoms with Crippen molar-refractivity contribution >= 4 is 11.8 Å². The van der Waals surface area contributed by atoms with Gasteiger partial charge in [0.1, 0.15) is 6.54 Å². The SMILES string of the molecule is CCN1CC2(CCN(C(=O)Cn3ccnc3)CC2)CC(c2ccccc2)C1=O. The van der Waals surface area contributed by atoms with Gasteiger partial charge in [0.05, 0.1) is 12.2 Å². The monoisotopic (exact) mass is 380 g/mol. The van der Waals surface area contributed by atoms with Gasteiger partial charge in [0.2, 0.25) is 11.8 Å². The van der Waals surface area contributed by atoms with E-state index in [2.05, 4.69) is 24.0 Å². The van der Waals surface area contributed by atoms with E-state index in [1.165, 1.54) is 0 Å². The fourth-order valence-electron chi connectivity index (χ4n) is 4.73. The number of amides is 2. The normalized spacial score (nSPS) is 21.9. The molecule has 1 atom stereocenters. The molecule has 2 amide bonds. The molecule has 0 bridgehead atoms. The molecule has 3 heterocycles. The van der Waals surface area contributed by atoms with Crippen molar-refractivity contribution in [3.63, 3.8) is 0 Å². The van der Waals surface area contributed by atoms with Gasteiger partial charge in [-0.25, -0.2) is 4.98 Å². The zero-order valence-electron chi connectivity index (χ0n) is 16.5. The van der Waals surface area contributed by atoms with E-state index < -0.39 is 0 Å². The maximum Gasteiger partial charge on any atom is 0.242 e. The van der Waals surface area contributed by atoms with Crippen molar-refractivity contribution in [1.82, 2.24) is 19.4 Å². The van der Waals surface area contributed by atoms with Crippen LogP contribution in [0.1, 0.15) is 37.7 Å². The summed E-state index contributed by atoms with van der Waals surface area (Å²) in [5.74, 6) is 0.327. The molecule has 6 nitrogen and oxygen atoms in total. The molecule has 28 heavy (non-hydrogen) atoms. The third kappa shape index (κ3) is 3.68. The number of aromatic nitrogens is 2. The van der Waals surface area contributed by atoms with Gasteiger partial charge in [-0.2, -0.15) is 0 Å². The highest BCUT2D eigenvalue weighted by molar-refractivity contribution is 5.85. The number of hydrogen-bond donors (Lipinski definition) is 0. The summed E-state index contributed by atoms with van der Waals surface area (Å²) >= 11 is 0. The zero-order chi connectivity index (χ0) is 19.6. The number of carbonyl (C=O) groups is 2.